The molecular weight excluding hydrogens is 796 g/mol. The number of carbonyl (C=O) groups excluding carboxylic acids is 1. The number of aliphatic hydroxyl groups is 11. The van der Waals surface area contributed by atoms with Crippen molar-refractivity contribution in [1.82, 2.24) is 0 Å². The summed E-state index contributed by atoms with van der Waals surface area (Å²) in [6.45, 7) is -1.25. The third kappa shape index (κ3) is 16.5. The number of carbonyl (C=O) groups is 1. The van der Waals surface area contributed by atoms with Gasteiger partial charge in [-0.2, -0.15) is 0 Å². The number of rotatable bonds is 26. The van der Waals surface area contributed by atoms with Gasteiger partial charge in [0.05, 0.1) is 26.4 Å². The molecule has 0 aromatic carbocycles. The molecule has 0 saturated carbocycles. The van der Waals surface area contributed by atoms with Crippen molar-refractivity contribution in [2.75, 3.05) is 33.0 Å². The SMILES string of the molecule is CCCCC/C=C\C/C=C\C/C=C\C/C=C\CCCC(=O)OCC(CO[C@@H]1O[C@H](CO)[C@@H](O)[C@H](O[C@@H]2O[C@H](CO)[C@@H](O)[C@H](O)[C@H]2O)[C@H]1O)O[C@@H]1O[C@H](CO)[C@@H](O)[C@H](O)[C@H]1O. The molecule has 0 radical (unpaired) electrons. The van der Waals surface area contributed by atoms with Crippen LogP contribution in [0.25, 0.3) is 0 Å². The zero-order valence-electron chi connectivity index (χ0n) is 34.1. The summed E-state index contributed by atoms with van der Waals surface area (Å²) in [5, 5.41) is 113. The highest BCUT2D eigenvalue weighted by molar-refractivity contribution is 5.69. The largest absolute Gasteiger partial charge is 0.463 e. The maximum Gasteiger partial charge on any atom is 0.305 e. The van der Waals surface area contributed by atoms with Gasteiger partial charge in [0.25, 0.3) is 0 Å². The fourth-order valence-electron chi connectivity index (χ4n) is 6.57. The topological polar surface area (TPSA) is 304 Å². The van der Waals surface area contributed by atoms with Crippen LogP contribution in [0.2, 0.25) is 0 Å². The molecule has 16 atom stereocenters. The molecule has 0 aromatic rings. The second-order valence-electron chi connectivity index (χ2n) is 15.0. The molecule has 0 spiro atoms. The van der Waals surface area contributed by atoms with Gasteiger partial charge in [0.15, 0.2) is 18.9 Å². The number of esters is 1. The summed E-state index contributed by atoms with van der Waals surface area (Å²) in [5.41, 5.74) is 0. The van der Waals surface area contributed by atoms with Crippen LogP contribution in [-0.4, -0.2) is 193 Å². The number of allylic oxidation sites excluding steroid dienone is 8. The van der Waals surface area contributed by atoms with Gasteiger partial charge in [-0.25, -0.2) is 0 Å². The van der Waals surface area contributed by atoms with E-state index in [-0.39, 0.29) is 6.42 Å². The van der Waals surface area contributed by atoms with Gasteiger partial charge in [-0.1, -0.05) is 68.4 Å². The molecule has 3 rings (SSSR count). The standard InChI is InChI=1S/C41H68O19/c1-2-3-4-5-6-7-8-9-10-11-12-13-14-15-16-17-18-19-29(45)54-23-25(56-40-35(51)33(49)30(46)26(20-42)58-40)24-55-39-37(53)38(32(48)28(22-44)57-39)60-41-36(52)34(50)31(47)27(21-43)59-41/h6-7,9-10,12-13,15-16,25-28,30-44,46-53H,2-5,8,11,14,17-24H2,1H3/b7-6-,10-9-,13-12-,16-15-/t25?,26-,27-,28-,30-,31-,32-,33+,34+,35-,36-,37-,38+,39-,40-,41+/m1/s1. The average Bonchev–Trinajstić information content (AvgIpc) is 3.24. The Hall–Kier alpha value is -2.25. The van der Waals surface area contributed by atoms with E-state index in [0.29, 0.717) is 12.8 Å². The van der Waals surface area contributed by atoms with Crippen LogP contribution < -0.4 is 0 Å². The van der Waals surface area contributed by atoms with Crippen LogP contribution in [0.3, 0.4) is 0 Å². The first-order valence-electron chi connectivity index (χ1n) is 20.8. The monoisotopic (exact) mass is 864 g/mol. The second-order valence-corrected chi connectivity index (χ2v) is 15.0. The Labute approximate surface area is 350 Å². The minimum absolute atomic E-state index is 0.0309. The van der Waals surface area contributed by atoms with E-state index in [1.54, 1.807) is 0 Å². The average molecular weight is 865 g/mol. The van der Waals surface area contributed by atoms with Gasteiger partial charge < -0.3 is 89.3 Å². The van der Waals surface area contributed by atoms with E-state index in [1.807, 2.05) is 12.2 Å². The van der Waals surface area contributed by atoms with Gasteiger partial charge >= 0.3 is 5.97 Å². The fraction of sp³-hybridized carbons (Fsp3) is 0.780. The molecule has 11 N–H and O–H groups in total. The van der Waals surface area contributed by atoms with Crippen LogP contribution >= 0.6 is 0 Å². The molecule has 19 heteroatoms. The van der Waals surface area contributed by atoms with Crippen molar-refractivity contribution in [1.29, 1.82) is 0 Å². The van der Waals surface area contributed by atoms with Crippen LogP contribution in [0.15, 0.2) is 48.6 Å². The molecule has 3 fully saturated rings. The molecule has 0 amide bonds. The Morgan fingerprint density at radius 3 is 1.58 bits per heavy atom. The van der Waals surface area contributed by atoms with Gasteiger partial charge in [0, 0.05) is 6.42 Å². The Kier molecular flexibility index (Phi) is 24.7. The van der Waals surface area contributed by atoms with Crippen LogP contribution in [0.5, 0.6) is 0 Å². The Bertz CT molecular complexity index is 1290. The minimum atomic E-state index is -1.89. The molecule has 19 nitrogen and oxygen atoms in total. The lowest BCUT2D eigenvalue weighted by Gasteiger charge is -2.46. The van der Waals surface area contributed by atoms with Crippen LogP contribution in [-0.2, 0) is 38.0 Å². The summed E-state index contributed by atoms with van der Waals surface area (Å²) in [7, 11) is 0. The first-order chi connectivity index (χ1) is 28.9. The Morgan fingerprint density at radius 1 is 0.550 bits per heavy atom. The summed E-state index contributed by atoms with van der Waals surface area (Å²) < 4.78 is 38.8. The van der Waals surface area contributed by atoms with Crippen molar-refractivity contribution in [3.05, 3.63) is 48.6 Å². The lowest BCUT2D eigenvalue weighted by atomic mass is 9.97. The first-order valence-corrected chi connectivity index (χ1v) is 20.8. The quantitative estimate of drug-likeness (QED) is 0.0268. The number of hydrogen-bond acceptors (Lipinski definition) is 19. The number of unbranched alkanes of at least 4 members (excludes halogenated alkanes) is 4. The van der Waals surface area contributed by atoms with Crippen LogP contribution in [0.4, 0.5) is 0 Å². The highest BCUT2D eigenvalue weighted by atomic mass is 16.8. The maximum absolute atomic E-state index is 12.7. The van der Waals surface area contributed by atoms with Crippen molar-refractivity contribution in [2.45, 2.75) is 169 Å². The van der Waals surface area contributed by atoms with Gasteiger partial charge in [-0.15, -0.1) is 0 Å². The third-order valence-electron chi connectivity index (χ3n) is 10.2. The zero-order chi connectivity index (χ0) is 44.0. The van der Waals surface area contributed by atoms with Crippen molar-refractivity contribution < 1.29 is 94.1 Å². The lowest BCUT2D eigenvalue weighted by molar-refractivity contribution is -0.363. The summed E-state index contributed by atoms with van der Waals surface area (Å²) >= 11 is 0. The summed E-state index contributed by atoms with van der Waals surface area (Å²) in [4.78, 5) is 12.7. The molecule has 346 valence electrons. The van der Waals surface area contributed by atoms with Crippen molar-refractivity contribution in [3.63, 3.8) is 0 Å². The fourth-order valence-corrected chi connectivity index (χ4v) is 6.57. The highest BCUT2D eigenvalue weighted by Gasteiger charge is 2.51. The predicted molar refractivity (Wildman–Crippen MR) is 210 cm³/mol. The molecule has 0 bridgehead atoms. The maximum atomic E-state index is 12.7. The summed E-state index contributed by atoms with van der Waals surface area (Å²) in [6.07, 6.45) is -1.49. The lowest BCUT2D eigenvalue weighted by Crippen LogP contribution is -2.65. The molecule has 0 aliphatic carbocycles. The van der Waals surface area contributed by atoms with E-state index in [4.69, 9.17) is 33.2 Å². The van der Waals surface area contributed by atoms with E-state index < -0.39 is 137 Å². The normalized spacial score (nSPS) is 35.9. The van der Waals surface area contributed by atoms with Crippen molar-refractivity contribution >= 4 is 5.97 Å². The van der Waals surface area contributed by atoms with E-state index in [2.05, 4.69) is 43.4 Å². The molecule has 3 heterocycles. The summed E-state index contributed by atoms with van der Waals surface area (Å²) in [5.74, 6) is -0.612. The number of aliphatic hydroxyl groups excluding tert-OH is 11. The van der Waals surface area contributed by atoms with E-state index >= 15 is 0 Å². The van der Waals surface area contributed by atoms with Crippen LogP contribution in [0, 0.1) is 0 Å². The van der Waals surface area contributed by atoms with E-state index in [0.717, 1.165) is 25.7 Å². The Balaban J connectivity index is 1.55. The van der Waals surface area contributed by atoms with Crippen molar-refractivity contribution in [3.8, 4) is 0 Å². The smallest absolute Gasteiger partial charge is 0.305 e. The predicted octanol–water partition coefficient (Wildman–Crippen LogP) is -1.50. The minimum Gasteiger partial charge on any atom is -0.463 e. The molecule has 0 aromatic heterocycles. The Morgan fingerprint density at radius 2 is 1.03 bits per heavy atom. The zero-order valence-corrected chi connectivity index (χ0v) is 34.1. The third-order valence-corrected chi connectivity index (χ3v) is 10.2. The molecular formula is C41H68O19. The number of hydrogen-bond donors (Lipinski definition) is 11. The number of ether oxygens (including phenoxy) is 7. The molecule has 60 heavy (non-hydrogen) atoms. The van der Waals surface area contributed by atoms with E-state index in [9.17, 15) is 61.0 Å². The van der Waals surface area contributed by atoms with Gasteiger partial charge in [0.2, 0.25) is 0 Å². The second kappa shape index (κ2) is 28.4. The van der Waals surface area contributed by atoms with Crippen molar-refractivity contribution in [2.24, 2.45) is 0 Å². The molecule has 1 unspecified atom stereocenters. The first kappa shape index (κ1) is 52.1. The van der Waals surface area contributed by atoms with E-state index in [1.165, 1.54) is 19.3 Å². The highest BCUT2D eigenvalue weighted by Crippen LogP contribution is 2.30. The van der Waals surface area contributed by atoms with Gasteiger partial charge in [-0.3, -0.25) is 4.79 Å². The molecule has 3 aliphatic rings. The molecule has 3 saturated heterocycles. The van der Waals surface area contributed by atoms with Gasteiger partial charge in [-0.05, 0) is 44.9 Å². The van der Waals surface area contributed by atoms with Crippen LogP contribution in [0.1, 0.15) is 71.1 Å². The van der Waals surface area contributed by atoms with Gasteiger partial charge in [0.1, 0.15) is 86.0 Å². The molecule has 3 aliphatic heterocycles. The summed E-state index contributed by atoms with van der Waals surface area (Å²) in [6, 6.07) is 0.